The number of epoxide rings is 2. The SMILES string of the molecule is C=CCOCC1CO1.C=CCOCC1CO1.[Pt+2]. The van der Waals surface area contributed by atoms with Gasteiger partial charge in [-0.05, 0) is 0 Å². The Kier molecular flexibility index (Phi) is 11.1. The maximum Gasteiger partial charge on any atom is 2.00 e. The van der Waals surface area contributed by atoms with Gasteiger partial charge in [-0.15, -0.1) is 13.2 Å². The van der Waals surface area contributed by atoms with Crippen LogP contribution >= 0.6 is 0 Å². The molecule has 0 amide bonds. The van der Waals surface area contributed by atoms with Gasteiger partial charge in [-0.2, -0.15) is 0 Å². The Bertz CT molecular complexity index is 181. The summed E-state index contributed by atoms with van der Waals surface area (Å²) in [6.07, 6.45) is 4.25. The normalized spacial score (nSPS) is 23.8. The van der Waals surface area contributed by atoms with Crippen LogP contribution in [0.4, 0.5) is 0 Å². The summed E-state index contributed by atoms with van der Waals surface area (Å²) in [6, 6.07) is 0. The monoisotopic (exact) mass is 423 g/mol. The van der Waals surface area contributed by atoms with Crippen LogP contribution in [0.25, 0.3) is 0 Å². The molecule has 2 unspecified atom stereocenters. The summed E-state index contributed by atoms with van der Waals surface area (Å²) in [5.74, 6) is 0. The fourth-order valence-corrected chi connectivity index (χ4v) is 0.894. The predicted molar refractivity (Wildman–Crippen MR) is 61.5 cm³/mol. The molecule has 0 N–H and O–H groups in total. The van der Waals surface area contributed by atoms with Crippen molar-refractivity contribution in [2.75, 3.05) is 39.6 Å². The quantitative estimate of drug-likeness (QED) is 0.334. The molecule has 2 aliphatic heterocycles. The molecule has 2 heterocycles. The molecular weight excluding hydrogens is 403 g/mol. The molecule has 0 aliphatic carbocycles. The van der Waals surface area contributed by atoms with Crippen molar-refractivity contribution < 1.29 is 40.0 Å². The zero-order valence-corrected chi connectivity index (χ0v) is 12.2. The minimum atomic E-state index is 0. The second-order valence-corrected chi connectivity index (χ2v) is 3.56. The summed E-state index contributed by atoms with van der Waals surface area (Å²) in [5.41, 5.74) is 0. The van der Waals surface area contributed by atoms with Crippen molar-refractivity contribution in [3.63, 3.8) is 0 Å². The molecule has 2 fully saturated rings. The van der Waals surface area contributed by atoms with Gasteiger partial charge in [0.1, 0.15) is 12.2 Å². The molecule has 4 nitrogen and oxygen atoms in total. The third-order valence-electron chi connectivity index (χ3n) is 1.88. The van der Waals surface area contributed by atoms with Crippen LogP contribution in [-0.2, 0) is 40.0 Å². The molecule has 0 radical (unpaired) electrons. The maximum atomic E-state index is 5.06. The van der Waals surface area contributed by atoms with Gasteiger partial charge < -0.3 is 18.9 Å². The van der Waals surface area contributed by atoms with E-state index < -0.39 is 0 Å². The average Bonchev–Trinajstić information content (AvgIpc) is 3.15. The first-order chi connectivity index (χ1) is 7.86. The van der Waals surface area contributed by atoms with Crippen molar-refractivity contribution >= 4 is 0 Å². The Morgan fingerprint density at radius 3 is 1.53 bits per heavy atom. The van der Waals surface area contributed by atoms with Gasteiger partial charge in [-0.25, -0.2) is 0 Å². The Hall–Kier alpha value is 0.00831. The molecule has 0 saturated carbocycles. The fraction of sp³-hybridized carbons (Fsp3) is 0.667. The van der Waals surface area contributed by atoms with Gasteiger partial charge in [0, 0.05) is 0 Å². The molecule has 2 saturated heterocycles. The fourth-order valence-electron chi connectivity index (χ4n) is 0.894. The molecule has 100 valence electrons. The van der Waals surface area contributed by atoms with E-state index in [-0.39, 0.29) is 21.1 Å². The van der Waals surface area contributed by atoms with Crippen molar-refractivity contribution in [1.29, 1.82) is 0 Å². The van der Waals surface area contributed by atoms with Crippen molar-refractivity contribution in [2.45, 2.75) is 12.2 Å². The summed E-state index contributed by atoms with van der Waals surface area (Å²) in [7, 11) is 0. The van der Waals surface area contributed by atoms with Gasteiger partial charge in [0.15, 0.2) is 0 Å². The van der Waals surface area contributed by atoms with Crippen molar-refractivity contribution in [2.24, 2.45) is 0 Å². The summed E-state index contributed by atoms with van der Waals surface area (Å²) in [5, 5.41) is 0. The van der Waals surface area contributed by atoms with E-state index in [0.717, 1.165) is 26.4 Å². The minimum absolute atomic E-state index is 0. The van der Waals surface area contributed by atoms with E-state index in [1.807, 2.05) is 0 Å². The van der Waals surface area contributed by atoms with Crippen LogP contribution in [0.5, 0.6) is 0 Å². The summed E-state index contributed by atoms with van der Waals surface area (Å²) < 4.78 is 19.9. The van der Waals surface area contributed by atoms with Gasteiger partial charge in [0.25, 0.3) is 0 Å². The van der Waals surface area contributed by atoms with Gasteiger partial charge in [0.05, 0.1) is 39.6 Å². The first-order valence-electron chi connectivity index (χ1n) is 5.47. The molecule has 0 spiro atoms. The van der Waals surface area contributed by atoms with E-state index in [1.54, 1.807) is 12.2 Å². The van der Waals surface area contributed by atoms with Crippen molar-refractivity contribution in [3.05, 3.63) is 25.3 Å². The van der Waals surface area contributed by atoms with Gasteiger partial charge >= 0.3 is 21.1 Å². The average molecular weight is 423 g/mol. The van der Waals surface area contributed by atoms with E-state index >= 15 is 0 Å². The molecule has 5 heteroatoms. The van der Waals surface area contributed by atoms with Crippen LogP contribution in [0, 0.1) is 0 Å². The van der Waals surface area contributed by atoms with Crippen LogP contribution in [0.3, 0.4) is 0 Å². The maximum absolute atomic E-state index is 5.06. The Morgan fingerprint density at radius 2 is 1.29 bits per heavy atom. The Labute approximate surface area is 117 Å². The van der Waals surface area contributed by atoms with Crippen LogP contribution in [0.1, 0.15) is 0 Å². The minimum Gasteiger partial charge on any atom is -0.375 e. The summed E-state index contributed by atoms with van der Waals surface area (Å²) >= 11 is 0. The third kappa shape index (κ3) is 12.3. The molecule has 0 bridgehead atoms. The van der Waals surface area contributed by atoms with Crippen molar-refractivity contribution in [3.8, 4) is 0 Å². The predicted octanol–water partition coefficient (Wildman–Crippen LogP) is 1.17. The summed E-state index contributed by atoms with van der Waals surface area (Å²) in [6.45, 7) is 11.5. The van der Waals surface area contributed by atoms with Gasteiger partial charge in [-0.1, -0.05) is 12.2 Å². The van der Waals surface area contributed by atoms with E-state index in [4.69, 9.17) is 18.9 Å². The van der Waals surface area contributed by atoms with Gasteiger partial charge in [0.2, 0.25) is 0 Å². The summed E-state index contributed by atoms with van der Waals surface area (Å²) in [4.78, 5) is 0. The molecule has 2 aliphatic rings. The molecule has 0 aromatic rings. The molecule has 0 aromatic carbocycles. The number of rotatable bonds is 8. The molecule has 0 aromatic heterocycles. The molecule has 17 heavy (non-hydrogen) atoms. The number of ether oxygens (including phenoxy) is 4. The second-order valence-electron chi connectivity index (χ2n) is 3.56. The molecular formula is C12H20O4Pt+2. The molecule has 2 atom stereocenters. The largest absolute Gasteiger partial charge is 2.00 e. The van der Waals surface area contributed by atoms with E-state index in [1.165, 1.54) is 0 Å². The second kappa shape index (κ2) is 11.1. The van der Waals surface area contributed by atoms with Crippen LogP contribution in [0.2, 0.25) is 0 Å². The molecule has 2 rings (SSSR count). The number of hydrogen-bond acceptors (Lipinski definition) is 4. The van der Waals surface area contributed by atoms with Gasteiger partial charge in [-0.3, -0.25) is 0 Å². The topological polar surface area (TPSA) is 43.5 Å². The zero-order valence-electron chi connectivity index (χ0n) is 9.92. The van der Waals surface area contributed by atoms with Crippen molar-refractivity contribution in [1.82, 2.24) is 0 Å². The Balaban J connectivity index is 0.000000284. The van der Waals surface area contributed by atoms with E-state index in [2.05, 4.69) is 13.2 Å². The first kappa shape index (κ1) is 17.0. The van der Waals surface area contributed by atoms with E-state index in [0.29, 0.717) is 25.4 Å². The Morgan fingerprint density at radius 1 is 0.941 bits per heavy atom. The standard InChI is InChI=1S/2C6H10O2.Pt/c2*1-2-3-7-4-6-5-8-6;/h2*2,6H,1,3-5H2;/q;;+2. The van der Waals surface area contributed by atoms with Crippen LogP contribution < -0.4 is 0 Å². The van der Waals surface area contributed by atoms with Crippen LogP contribution in [0.15, 0.2) is 25.3 Å². The first-order valence-corrected chi connectivity index (χ1v) is 5.47. The number of hydrogen-bond donors (Lipinski definition) is 0. The van der Waals surface area contributed by atoms with E-state index in [9.17, 15) is 0 Å². The third-order valence-corrected chi connectivity index (χ3v) is 1.88. The van der Waals surface area contributed by atoms with Crippen LogP contribution in [-0.4, -0.2) is 51.8 Å². The smallest absolute Gasteiger partial charge is 0.375 e. The zero-order chi connectivity index (χ0) is 11.6.